The quantitative estimate of drug-likeness (QED) is 0.0343. The van der Waals surface area contributed by atoms with Crippen molar-refractivity contribution in [3.8, 4) is 0 Å². The molecule has 0 heterocycles. The molecule has 0 amide bonds. The highest BCUT2D eigenvalue weighted by atomic mass is 16.5. The molecule has 528 valence electrons. The molecular formula is C88H142N2O4. The fourth-order valence-electron chi connectivity index (χ4n) is 13.9. The Bertz CT molecular complexity index is 2500. The number of nitrogens with zero attached hydrogens (tertiary/aromatic N) is 2. The molecule has 0 aromatic carbocycles. The number of Topliss-reactive ketones (excluding diaryl/α,β-unsaturated/α-hetero) is 2. The van der Waals surface area contributed by atoms with Gasteiger partial charge in [0.2, 0.25) is 0 Å². The van der Waals surface area contributed by atoms with E-state index in [0.717, 1.165) is 219 Å². The molecule has 0 aromatic heterocycles. The fraction of sp³-hybridized carbons (Fsp3) is 0.670. The average molecular weight is 1290 g/mol. The van der Waals surface area contributed by atoms with Gasteiger partial charge in [-0.2, -0.15) is 0 Å². The monoisotopic (exact) mass is 1290 g/mol. The van der Waals surface area contributed by atoms with Crippen LogP contribution in [0.5, 0.6) is 0 Å². The van der Waals surface area contributed by atoms with Gasteiger partial charge in [0.05, 0.1) is 13.0 Å². The summed E-state index contributed by atoms with van der Waals surface area (Å²) in [6.45, 7) is 51.5. The Balaban J connectivity index is 1.65. The number of ketones is 2. The minimum absolute atomic E-state index is 0.0778. The van der Waals surface area contributed by atoms with Crippen LogP contribution in [0.3, 0.4) is 0 Å². The van der Waals surface area contributed by atoms with Crippen molar-refractivity contribution in [3.63, 3.8) is 0 Å². The molecule has 3 rings (SSSR count). The van der Waals surface area contributed by atoms with Crippen LogP contribution in [0.25, 0.3) is 0 Å². The smallest absolute Gasteiger partial charge is 0.307 e. The summed E-state index contributed by atoms with van der Waals surface area (Å²) in [6.07, 6.45) is 56.0. The summed E-state index contributed by atoms with van der Waals surface area (Å²) in [5.41, 5.74) is 18.3. The molecule has 0 radical (unpaired) electrons. The Morgan fingerprint density at radius 3 is 1.36 bits per heavy atom. The van der Waals surface area contributed by atoms with E-state index in [0.29, 0.717) is 55.8 Å². The second kappa shape index (κ2) is 49.8. The molecule has 0 aliphatic heterocycles. The summed E-state index contributed by atoms with van der Waals surface area (Å²) >= 11 is 0. The molecule has 6 heteroatoms. The van der Waals surface area contributed by atoms with Gasteiger partial charge in [-0.3, -0.25) is 19.3 Å². The molecule has 0 aromatic rings. The third-order valence-corrected chi connectivity index (χ3v) is 20.7. The van der Waals surface area contributed by atoms with Crippen molar-refractivity contribution in [3.05, 3.63) is 154 Å². The van der Waals surface area contributed by atoms with Crippen LogP contribution in [0.4, 0.5) is 0 Å². The van der Waals surface area contributed by atoms with Crippen molar-refractivity contribution >= 4 is 17.5 Å². The normalized spacial score (nSPS) is 17.3. The molecule has 6 nitrogen and oxygen atoms in total. The molecule has 0 spiro atoms. The zero-order valence-electron chi connectivity index (χ0n) is 63.0. The highest BCUT2D eigenvalue weighted by molar-refractivity contribution is 5.81. The van der Waals surface area contributed by atoms with Crippen LogP contribution in [0.15, 0.2) is 154 Å². The predicted octanol–water partition coefficient (Wildman–Crippen LogP) is 25.0. The predicted molar refractivity (Wildman–Crippen MR) is 410 cm³/mol. The van der Waals surface area contributed by atoms with Crippen LogP contribution in [0, 0.1) is 23.7 Å². The van der Waals surface area contributed by atoms with E-state index < -0.39 is 0 Å². The summed E-state index contributed by atoms with van der Waals surface area (Å²) in [5.74, 6) is 2.09. The van der Waals surface area contributed by atoms with Gasteiger partial charge < -0.3 is 9.64 Å². The fourth-order valence-corrected chi connectivity index (χ4v) is 13.9. The van der Waals surface area contributed by atoms with E-state index in [-0.39, 0.29) is 23.8 Å². The van der Waals surface area contributed by atoms with Gasteiger partial charge in [0, 0.05) is 63.4 Å². The molecule has 3 aliphatic carbocycles. The largest absolute Gasteiger partial charge is 0.466 e. The van der Waals surface area contributed by atoms with Crippen molar-refractivity contribution in [2.45, 2.75) is 320 Å². The number of ether oxygens (including phenoxy) is 1. The van der Waals surface area contributed by atoms with Gasteiger partial charge in [0.25, 0.3) is 0 Å². The molecule has 5 atom stereocenters. The minimum atomic E-state index is -0.131. The Morgan fingerprint density at radius 1 is 0.489 bits per heavy atom. The Kier molecular flexibility index (Phi) is 44.3. The van der Waals surface area contributed by atoms with Gasteiger partial charge >= 0.3 is 5.97 Å². The van der Waals surface area contributed by atoms with Crippen molar-refractivity contribution < 1.29 is 19.1 Å². The van der Waals surface area contributed by atoms with E-state index in [4.69, 9.17) is 4.74 Å². The number of carbonyl (C=O) groups excluding carboxylic acids is 3. The molecule has 3 aliphatic rings. The third kappa shape index (κ3) is 39.5. The first-order chi connectivity index (χ1) is 45.0. The zero-order chi connectivity index (χ0) is 69.0. The van der Waals surface area contributed by atoms with Crippen molar-refractivity contribution in [2.24, 2.45) is 23.7 Å². The molecule has 0 fully saturated rings. The van der Waals surface area contributed by atoms with Gasteiger partial charge in [0.1, 0.15) is 11.6 Å². The van der Waals surface area contributed by atoms with Crippen molar-refractivity contribution in [1.82, 2.24) is 9.80 Å². The number of carbonyl (C=O) groups is 3. The van der Waals surface area contributed by atoms with Crippen LogP contribution in [0.1, 0.15) is 314 Å². The number of unbranched alkanes of at least 4 members (excludes halogenated alkanes) is 3. The molecule has 94 heavy (non-hydrogen) atoms. The van der Waals surface area contributed by atoms with E-state index in [1.54, 1.807) is 11.1 Å². The van der Waals surface area contributed by atoms with Crippen LogP contribution in [-0.4, -0.2) is 72.7 Å². The molecule has 0 bridgehead atoms. The average Bonchev–Trinajstić information content (AvgIpc) is 1.32. The molecule has 5 unspecified atom stereocenters. The first-order valence-corrected chi connectivity index (χ1v) is 38.2. The summed E-state index contributed by atoms with van der Waals surface area (Å²) in [5, 5.41) is 0. The topological polar surface area (TPSA) is 66.9 Å². The van der Waals surface area contributed by atoms with E-state index in [1.807, 2.05) is 0 Å². The Morgan fingerprint density at radius 2 is 0.904 bits per heavy atom. The first kappa shape index (κ1) is 83.6. The van der Waals surface area contributed by atoms with Crippen LogP contribution >= 0.6 is 0 Å². The molecule has 0 saturated carbocycles. The molecule has 0 saturated heterocycles. The first-order valence-electron chi connectivity index (χ1n) is 38.2. The summed E-state index contributed by atoms with van der Waals surface area (Å²) in [7, 11) is 0. The lowest BCUT2D eigenvalue weighted by Crippen LogP contribution is -2.44. The third-order valence-electron chi connectivity index (χ3n) is 20.7. The van der Waals surface area contributed by atoms with Gasteiger partial charge in [-0.05, 0) is 299 Å². The van der Waals surface area contributed by atoms with Gasteiger partial charge in [-0.25, -0.2) is 0 Å². The lowest BCUT2D eigenvalue weighted by atomic mass is 9.82. The lowest BCUT2D eigenvalue weighted by molar-refractivity contribution is -0.144. The maximum atomic E-state index is 13.6. The Hall–Kier alpha value is -4.65. The summed E-state index contributed by atoms with van der Waals surface area (Å²) in [6, 6.07) is 0.181. The van der Waals surface area contributed by atoms with E-state index in [9.17, 15) is 14.4 Å². The minimum Gasteiger partial charge on any atom is -0.466 e. The number of hydrogen-bond acceptors (Lipinski definition) is 6. The highest BCUT2D eigenvalue weighted by Crippen LogP contribution is 2.35. The van der Waals surface area contributed by atoms with E-state index >= 15 is 0 Å². The number of hydrogen-bond donors (Lipinski definition) is 0. The molecule has 0 N–H and O–H groups in total. The van der Waals surface area contributed by atoms with Crippen LogP contribution in [-0.2, 0) is 19.1 Å². The molecular weight excluding hydrogens is 1150 g/mol. The maximum Gasteiger partial charge on any atom is 0.307 e. The SMILES string of the molecule is C=C(CCCCC(=C)C1CC=C(CCC=C(C)C)CC1)CCN(CCC(=C)CCCCC(=O)C1CC=C(CCC=C(C)C)CC1)CC(C)N(CCC(=C)CCCCC(=O)C(C)CC/C(=C\C)CCC=C(C)C)CCC(=O)OCCCC(=C)C1CC=C(CCC=C(C)C)CC1. The van der Waals surface area contributed by atoms with Crippen LogP contribution in [0.2, 0.25) is 0 Å². The van der Waals surface area contributed by atoms with Crippen molar-refractivity contribution in [1.29, 1.82) is 0 Å². The second-order valence-corrected chi connectivity index (χ2v) is 30.3. The van der Waals surface area contributed by atoms with E-state index in [1.165, 1.54) is 87.0 Å². The Labute approximate surface area is 580 Å². The summed E-state index contributed by atoms with van der Waals surface area (Å²) in [4.78, 5) is 45.4. The maximum absolute atomic E-state index is 13.6. The van der Waals surface area contributed by atoms with Gasteiger partial charge in [-0.1, -0.05) is 161 Å². The zero-order valence-corrected chi connectivity index (χ0v) is 63.0. The number of rotatable bonds is 53. The highest BCUT2D eigenvalue weighted by Gasteiger charge is 2.24. The van der Waals surface area contributed by atoms with Crippen LogP contribution < -0.4 is 0 Å². The summed E-state index contributed by atoms with van der Waals surface area (Å²) < 4.78 is 5.96. The van der Waals surface area contributed by atoms with Gasteiger partial charge in [0.15, 0.2) is 0 Å². The standard InChI is InChI=1S/C88H142N2O4/c1-17-79(38-24-29-68(2)3)45-44-77(15)86(91)42-22-19-35-74(12)60-64-90(65-61-88(93)94-66-28-37-76(14)84-54-48-81(49-55-84)40-26-31-70(6)7)78(16)67-89(62-58-72(10)33-18-21-36-75(13)83-52-46-80(47-53-83)39-25-30-69(4)5)63-59-73(11)34-20-23-43-87(92)85-56-50-82(51-57-85)41-27-32-71(8)9/h17,29-32,46,48,50,77-78,83-85H,10-14,18-28,33-45,47,49,51-67H2,1-9,15-16H3/b79-17-. The second-order valence-electron chi connectivity index (χ2n) is 30.3. The van der Waals surface area contributed by atoms with E-state index in [2.05, 4.69) is 167 Å². The van der Waals surface area contributed by atoms with Crippen molar-refractivity contribution in [2.75, 3.05) is 39.3 Å². The number of esters is 1. The van der Waals surface area contributed by atoms with Gasteiger partial charge in [-0.15, -0.1) is 0 Å². The lowest BCUT2D eigenvalue weighted by Gasteiger charge is -2.34. The number of allylic oxidation sites excluding steroid dienone is 18.